The first kappa shape index (κ1) is 21.5. The van der Waals surface area contributed by atoms with Gasteiger partial charge in [0.15, 0.2) is 0 Å². The van der Waals surface area contributed by atoms with E-state index in [0.717, 1.165) is 43.6 Å². The Hall–Kier alpha value is -5.83. The van der Waals surface area contributed by atoms with E-state index in [2.05, 4.69) is 18.2 Å². The quantitative estimate of drug-likeness (QED) is 0.255. The van der Waals surface area contributed by atoms with Gasteiger partial charge in [0.25, 0.3) is 0 Å². The minimum Gasteiger partial charge on any atom is -0.307 e. The van der Waals surface area contributed by atoms with Crippen LogP contribution in [0.15, 0.2) is 103 Å². The average molecular weight is 484 g/mol. The first-order chi connectivity index (χ1) is 18.8. The number of nitriles is 3. The van der Waals surface area contributed by atoms with Crippen LogP contribution < -0.4 is 0 Å². The summed E-state index contributed by atoms with van der Waals surface area (Å²) < 4.78 is 3.97. The number of nitrogens with zero attached hydrogens (tertiary/aromatic N) is 5. The molecule has 2 heterocycles. The minimum atomic E-state index is 0.272. The van der Waals surface area contributed by atoms with Crippen molar-refractivity contribution in [3.63, 3.8) is 0 Å². The van der Waals surface area contributed by atoms with Crippen molar-refractivity contribution in [1.29, 1.82) is 15.8 Å². The van der Waals surface area contributed by atoms with Crippen molar-refractivity contribution in [2.24, 2.45) is 0 Å². The fourth-order valence-electron chi connectivity index (χ4n) is 5.73. The molecule has 7 rings (SSSR count). The minimum absolute atomic E-state index is 0.272. The maximum Gasteiger partial charge on any atom is 0.104 e. The molecular weight excluding hydrogens is 466 g/mol. The van der Waals surface area contributed by atoms with Gasteiger partial charge in [-0.2, -0.15) is 15.8 Å². The molecule has 0 unspecified atom stereocenters. The van der Waals surface area contributed by atoms with E-state index in [0.29, 0.717) is 11.4 Å². The Morgan fingerprint density at radius 1 is 0.421 bits per heavy atom. The van der Waals surface area contributed by atoms with Gasteiger partial charge in [-0.15, -0.1) is 0 Å². The van der Waals surface area contributed by atoms with E-state index in [1.54, 1.807) is 6.07 Å². The summed E-state index contributed by atoms with van der Waals surface area (Å²) >= 11 is 0. The molecule has 0 atom stereocenters. The van der Waals surface area contributed by atoms with Crippen molar-refractivity contribution in [2.75, 3.05) is 0 Å². The van der Waals surface area contributed by atoms with Crippen LogP contribution in [0.4, 0.5) is 0 Å². The van der Waals surface area contributed by atoms with Gasteiger partial charge < -0.3 is 9.13 Å². The topological polar surface area (TPSA) is 81.2 Å². The third-order valence-corrected chi connectivity index (χ3v) is 7.23. The Morgan fingerprint density at radius 2 is 0.737 bits per heavy atom. The molecule has 0 aliphatic carbocycles. The van der Waals surface area contributed by atoms with Gasteiger partial charge in [-0.3, -0.25) is 0 Å². The molecule has 5 nitrogen and oxygen atoms in total. The van der Waals surface area contributed by atoms with Crippen molar-refractivity contribution < 1.29 is 0 Å². The van der Waals surface area contributed by atoms with Crippen LogP contribution in [0.5, 0.6) is 0 Å². The van der Waals surface area contributed by atoms with Gasteiger partial charge in [0, 0.05) is 21.5 Å². The van der Waals surface area contributed by atoms with Crippen LogP contribution in [0.1, 0.15) is 16.7 Å². The first-order valence-corrected chi connectivity index (χ1v) is 12.1. The SMILES string of the molecule is N#Cc1cc(C#N)c(-n2c3ccccc3c3ccccc32)c(C#N)c1-n1c2ccccc2c2ccccc21. The Labute approximate surface area is 217 Å². The third kappa shape index (κ3) is 2.78. The van der Waals surface area contributed by atoms with Gasteiger partial charge in [0.1, 0.15) is 23.8 Å². The highest BCUT2D eigenvalue weighted by Gasteiger charge is 2.26. The molecule has 5 aromatic carbocycles. The van der Waals surface area contributed by atoms with Gasteiger partial charge >= 0.3 is 0 Å². The van der Waals surface area contributed by atoms with E-state index in [-0.39, 0.29) is 16.7 Å². The summed E-state index contributed by atoms with van der Waals surface area (Å²) in [4.78, 5) is 0. The molecule has 0 saturated carbocycles. The van der Waals surface area contributed by atoms with Crippen molar-refractivity contribution in [2.45, 2.75) is 0 Å². The largest absolute Gasteiger partial charge is 0.307 e. The molecule has 7 aromatic rings. The Kier molecular flexibility index (Phi) is 4.57. The highest BCUT2D eigenvalue weighted by atomic mass is 15.0. The summed E-state index contributed by atoms with van der Waals surface area (Å²) in [6.07, 6.45) is 0. The number of hydrogen-bond acceptors (Lipinski definition) is 3. The second-order valence-electron chi connectivity index (χ2n) is 9.12. The molecule has 0 fully saturated rings. The first-order valence-electron chi connectivity index (χ1n) is 12.1. The molecular formula is C33H17N5. The number of rotatable bonds is 2. The molecule has 5 heteroatoms. The molecule has 0 spiro atoms. The molecule has 0 aliphatic rings. The predicted octanol–water partition coefficient (Wildman–Crippen LogP) is 7.50. The second-order valence-corrected chi connectivity index (χ2v) is 9.12. The maximum atomic E-state index is 10.7. The van der Waals surface area contributed by atoms with E-state index in [1.165, 1.54) is 0 Å². The Balaban J connectivity index is 1.73. The highest BCUT2D eigenvalue weighted by molar-refractivity contribution is 6.11. The van der Waals surface area contributed by atoms with Gasteiger partial charge in [0.2, 0.25) is 0 Å². The fourth-order valence-corrected chi connectivity index (χ4v) is 5.73. The zero-order chi connectivity index (χ0) is 25.8. The van der Waals surface area contributed by atoms with E-state index < -0.39 is 0 Å². The van der Waals surface area contributed by atoms with E-state index in [1.807, 2.05) is 106 Å². The average Bonchev–Trinajstić information content (AvgIpc) is 3.49. The third-order valence-electron chi connectivity index (χ3n) is 7.23. The summed E-state index contributed by atoms with van der Waals surface area (Å²) in [7, 11) is 0. The highest BCUT2D eigenvalue weighted by Crippen LogP contribution is 2.40. The number of aromatic nitrogens is 2. The van der Waals surface area contributed by atoms with Gasteiger partial charge in [-0.25, -0.2) is 0 Å². The van der Waals surface area contributed by atoms with Crippen molar-refractivity contribution in [3.8, 4) is 29.6 Å². The monoisotopic (exact) mass is 483 g/mol. The molecule has 0 saturated heterocycles. The summed E-state index contributed by atoms with van der Waals surface area (Å²) in [5, 5.41) is 35.4. The van der Waals surface area contributed by atoms with Crippen molar-refractivity contribution in [3.05, 3.63) is 120 Å². The smallest absolute Gasteiger partial charge is 0.104 e. The number of para-hydroxylation sites is 4. The van der Waals surface area contributed by atoms with E-state index >= 15 is 0 Å². The molecule has 0 radical (unpaired) electrons. The molecule has 174 valence electrons. The van der Waals surface area contributed by atoms with Crippen LogP contribution >= 0.6 is 0 Å². The molecule has 0 N–H and O–H groups in total. The lowest BCUT2D eigenvalue weighted by molar-refractivity contribution is 1.10. The van der Waals surface area contributed by atoms with Crippen LogP contribution in [0.2, 0.25) is 0 Å². The molecule has 2 aromatic heterocycles. The van der Waals surface area contributed by atoms with E-state index in [4.69, 9.17) is 0 Å². The number of fused-ring (bicyclic) bond motifs is 6. The number of hydrogen-bond donors (Lipinski definition) is 0. The van der Waals surface area contributed by atoms with Crippen LogP contribution in [-0.2, 0) is 0 Å². The van der Waals surface area contributed by atoms with Crippen molar-refractivity contribution in [1.82, 2.24) is 9.13 Å². The standard InChI is InChI=1S/C33H17N5/c34-18-21-17-22(19-35)33(38-30-15-7-3-11-25(30)26-12-4-8-16-31(26)38)27(20-36)32(21)37-28-13-5-1-9-23(28)24-10-2-6-14-29(24)37/h1-17H. The lowest BCUT2D eigenvalue weighted by Gasteiger charge is -2.18. The summed E-state index contributed by atoms with van der Waals surface area (Å²) in [6, 6.07) is 40.5. The van der Waals surface area contributed by atoms with E-state index in [9.17, 15) is 15.8 Å². The second kappa shape index (κ2) is 8.10. The predicted molar refractivity (Wildman–Crippen MR) is 149 cm³/mol. The summed E-state index contributed by atoms with van der Waals surface area (Å²) in [6.45, 7) is 0. The molecule has 38 heavy (non-hydrogen) atoms. The Bertz CT molecular complexity index is 1970. The van der Waals surface area contributed by atoms with Crippen LogP contribution in [-0.4, -0.2) is 9.13 Å². The normalized spacial score (nSPS) is 11.1. The lowest BCUT2D eigenvalue weighted by atomic mass is 10.00. The number of benzene rings is 5. The lowest BCUT2D eigenvalue weighted by Crippen LogP contribution is -2.09. The van der Waals surface area contributed by atoms with Gasteiger partial charge in [-0.05, 0) is 30.3 Å². The summed E-state index contributed by atoms with van der Waals surface area (Å²) in [5.74, 6) is 0. The zero-order valence-corrected chi connectivity index (χ0v) is 20.1. The van der Waals surface area contributed by atoms with Gasteiger partial charge in [-0.1, -0.05) is 72.8 Å². The molecule has 0 bridgehead atoms. The van der Waals surface area contributed by atoms with Crippen LogP contribution in [0.3, 0.4) is 0 Å². The Morgan fingerprint density at radius 3 is 1.03 bits per heavy atom. The van der Waals surface area contributed by atoms with Crippen LogP contribution in [0, 0.1) is 34.0 Å². The maximum absolute atomic E-state index is 10.7. The fraction of sp³-hybridized carbons (Fsp3) is 0. The summed E-state index contributed by atoms with van der Waals surface area (Å²) in [5.41, 5.74) is 5.33. The molecule has 0 aliphatic heterocycles. The van der Waals surface area contributed by atoms with Crippen LogP contribution in [0.25, 0.3) is 55.0 Å². The van der Waals surface area contributed by atoms with Crippen molar-refractivity contribution >= 4 is 43.6 Å². The zero-order valence-electron chi connectivity index (χ0n) is 20.1. The van der Waals surface area contributed by atoms with Gasteiger partial charge in [0.05, 0.1) is 44.6 Å². The molecule has 0 amide bonds.